The Hall–Kier alpha value is -2.94. The average Bonchev–Trinajstić information content (AvgIpc) is 2.72. The maximum absolute atomic E-state index is 5.94. The minimum atomic E-state index is 0.196. The molecule has 8 nitrogen and oxygen atoms in total. The molecule has 0 unspecified atom stereocenters. The number of rotatable bonds is 4. The Morgan fingerprint density at radius 3 is 2.62 bits per heavy atom. The molecular formula is C17H21N7OS. The van der Waals surface area contributed by atoms with E-state index in [4.69, 9.17) is 22.7 Å². The van der Waals surface area contributed by atoms with Crippen LogP contribution in [0.5, 0.6) is 5.88 Å². The fourth-order valence-electron chi connectivity index (χ4n) is 2.61. The van der Waals surface area contributed by atoms with Crippen LogP contribution in [0.25, 0.3) is 0 Å². The highest BCUT2D eigenvalue weighted by Gasteiger charge is 2.19. The monoisotopic (exact) mass is 371 g/mol. The molecule has 0 amide bonds. The first-order chi connectivity index (χ1) is 12.7. The lowest BCUT2D eigenvalue weighted by Crippen LogP contribution is -2.51. The van der Waals surface area contributed by atoms with E-state index >= 15 is 0 Å². The van der Waals surface area contributed by atoms with E-state index in [-0.39, 0.29) is 5.84 Å². The zero-order valence-corrected chi connectivity index (χ0v) is 15.3. The first kappa shape index (κ1) is 17.9. The van der Waals surface area contributed by atoms with Crippen LogP contribution in [0.15, 0.2) is 47.8 Å². The fourth-order valence-corrected chi connectivity index (χ4v) is 2.84. The molecule has 0 radical (unpaired) electrons. The smallest absolute Gasteiger partial charge is 0.232 e. The first-order valence-electron chi connectivity index (χ1n) is 8.22. The minimum Gasteiger partial charge on any atom is -0.480 e. The molecule has 9 heteroatoms. The van der Waals surface area contributed by atoms with Gasteiger partial charge in [-0.15, -0.1) is 0 Å². The summed E-state index contributed by atoms with van der Waals surface area (Å²) in [5.41, 5.74) is 10.4. The Kier molecular flexibility index (Phi) is 5.80. The quantitative estimate of drug-likeness (QED) is 0.353. The van der Waals surface area contributed by atoms with E-state index in [1.807, 2.05) is 18.2 Å². The van der Waals surface area contributed by atoms with Gasteiger partial charge in [0.05, 0.1) is 19.5 Å². The second-order valence-corrected chi connectivity index (χ2v) is 6.06. The lowest BCUT2D eigenvalue weighted by Gasteiger charge is -2.36. The number of aromatic nitrogens is 2. The zero-order chi connectivity index (χ0) is 18.4. The number of ether oxygens (including phenoxy) is 1. The highest BCUT2D eigenvalue weighted by atomic mass is 32.1. The van der Waals surface area contributed by atoms with Crippen LogP contribution in [0, 0.1) is 0 Å². The van der Waals surface area contributed by atoms with Crippen molar-refractivity contribution in [2.24, 2.45) is 10.8 Å². The van der Waals surface area contributed by atoms with Crippen LogP contribution >= 0.6 is 12.2 Å². The molecule has 0 atom stereocenters. The van der Waals surface area contributed by atoms with E-state index in [9.17, 15) is 0 Å². The molecule has 136 valence electrons. The van der Waals surface area contributed by atoms with Gasteiger partial charge in [-0.25, -0.2) is 4.98 Å². The number of para-hydroxylation sites is 1. The number of piperazine rings is 1. The molecule has 3 rings (SSSR count). The lowest BCUT2D eigenvalue weighted by molar-refractivity contribution is 0.381. The maximum Gasteiger partial charge on any atom is 0.232 e. The minimum absolute atomic E-state index is 0.196. The number of thiocarbonyl (C=S) groups is 1. The second-order valence-electron chi connectivity index (χ2n) is 5.67. The van der Waals surface area contributed by atoms with Crippen molar-refractivity contribution in [3.8, 4) is 5.88 Å². The predicted octanol–water partition coefficient (Wildman–Crippen LogP) is 0.802. The summed E-state index contributed by atoms with van der Waals surface area (Å²) < 4.78 is 5.03. The fraction of sp³-hybridized carbons (Fsp3) is 0.294. The van der Waals surface area contributed by atoms with E-state index in [1.54, 1.807) is 0 Å². The van der Waals surface area contributed by atoms with Gasteiger partial charge in [0.1, 0.15) is 5.69 Å². The van der Waals surface area contributed by atoms with Crippen molar-refractivity contribution in [3.05, 3.63) is 48.4 Å². The number of nitrogens with one attached hydrogen (secondary N) is 1. The SMILES string of the molecule is COc1cncc(/C(N)=N/NC(=S)N2CCN(c3ccccc3)CC2)n1. The van der Waals surface area contributed by atoms with Crippen molar-refractivity contribution < 1.29 is 4.74 Å². The van der Waals surface area contributed by atoms with E-state index in [0.29, 0.717) is 16.7 Å². The van der Waals surface area contributed by atoms with Gasteiger partial charge in [-0.1, -0.05) is 18.2 Å². The van der Waals surface area contributed by atoms with E-state index in [1.165, 1.54) is 25.2 Å². The standard InChI is InChI=1S/C17H21N7OS/c1-25-15-12-19-11-14(20-15)16(18)21-22-17(26)24-9-7-23(8-10-24)13-5-3-2-4-6-13/h2-6,11-12H,7-10H2,1H3,(H2,18,21)(H,22,26). The van der Waals surface area contributed by atoms with Gasteiger partial charge >= 0.3 is 0 Å². The van der Waals surface area contributed by atoms with Crippen LogP contribution in [0.1, 0.15) is 5.69 Å². The number of benzene rings is 1. The predicted molar refractivity (Wildman–Crippen MR) is 105 cm³/mol. The van der Waals surface area contributed by atoms with Crippen molar-refractivity contribution in [1.29, 1.82) is 0 Å². The topological polar surface area (TPSA) is 91.9 Å². The number of nitrogens with two attached hydrogens (primary N) is 1. The Bertz CT molecular complexity index is 776. The molecule has 1 aromatic heterocycles. The Morgan fingerprint density at radius 2 is 1.92 bits per heavy atom. The highest BCUT2D eigenvalue weighted by molar-refractivity contribution is 7.80. The van der Waals surface area contributed by atoms with E-state index in [0.717, 1.165) is 26.2 Å². The van der Waals surface area contributed by atoms with Crippen LogP contribution in [0.2, 0.25) is 0 Å². The number of amidine groups is 1. The number of hydrazone groups is 1. The summed E-state index contributed by atoms with van der Waals surface area (Å²) in [6.07, 6.45) is 3.02. The summed E-state index contributed by atoms with van der Waals surface area (Å²) in [6, 6.07) is 10.4. The summed E-state index contributed by atoms with van der Waals surface area (Å²) in [5, 5.41) is 4.65. The molecule has 0 bridgehead atoms. The van der Waals surface area contributed by atoms with Gasteiger partial charge in [0.25, 0.3) is 0 Å². The molecule has 3 N–H and O–H groups in total. The normalized spacial score (nSPS) is 14.9. The summed E-state index contributed by atoms with van der Waals surface area (Å²) in [6.45, 7) is 3.42. The van der Waals surface area contributed by atoms with Crippen molar-refractivity contribution in [2.75, 3.05) is 38.2 Å². The van der Waals surface area contributed by atoms with Crippen molar-refractivity contribution in [1.82, 2.24) is 20.3 Å². The number of nitrogens with zero attached hydrogens (tertiary/aromatic N) is 5. The second kappa shape index (κ2) is 8.43. The Morgan fingerprint density at radius 1 is 1.19 bits per heavy atom. The number of anilines is 1. The van der Waals surface area contributed by atoms with Gasteiger partial charge in [-0.05, 0) is 24.4 Å². The van der Waals surface area contributed by atoms with Gasteiger partial charge in [0.2, 0.25) is 5.88 Å². The van der Waals surface area contributed by atoms with Crippen LogP contribution in [-0.4, -0.2) is 59.1 Å². The molecule has 1 aliphatic heterocycles. The molecular weight excluding hydrogens is 350 g/mol. The van der Waals surface area contributed by atoms with Crippen molar-refractivity contribution in [3.63, 3.8) is 0 Å². The third kappa shape index (κ3) is 4.37. The van der Waals surface area contributed by atoms with Gasteiger partial charge in [-0.2, -0.15) is 5.10 Å². The van der Waals surface area contributed by atoms with E-state index < -0.39 is 0 Å². The zero-order valence-electron chi connectivity index (χ0n) is 14.5. The molecule has 1 saturated heterocycles. The van der Waals surface area contributed by atoms with Gasteiger partial charge in [0.15, 0.2) is 10.9 Å². The van der Waals surface area contributed by atoms with Crippen molar-refractivity contribution in [2.45, 2.75) is 0 Å². The van der Waals surface area contributed by atoms with Crippen LogP contribution in [0.3, 0.4) is 0 Å². The summed E-state index contributed by atoms with van der Waals surface area (Å²) >= 11 is 5.42. The first-order valence-corrected chi connectivity index (χ1v) is 8.62. The Labute approximate surface area is 157 Å². The molecule has 0 aliphatic carbocycles. The third-order valence-electron chi connectivity index (χ3n) is 4.04. The summed E-state index contributed by atoms with van der Waals surface area (Å²) in [5.74, 6) is 0.571. The number of hydrogen-bond donors (Lipinski definition) is 2. The molecule has 2 aromatic rings. The Balaban J connectivity index is 1.54. The lowest BCUT2D eigenvalue weighted by atomic mass is 10.2. The molecule has 1 aliphatic rings. The molecule has 26 heavy (non-hydrogen) atoms. The van der Waals surface area contributed by atoms with Crippen molar-refractivity contribution >= 4 is 28.9 Å². The van der Waals surface area contributed by atoms with E-state index in [2.05, 4.69) is 42.4 Å². The van der Waals surface area contributed by atoms with Crippen LogP contribution in [-0.2, 0) is 0 Å². The maximum atomic E-state index is 5.94. The average molecular weight is 371 g/mol. The summed E-state index contributed by atoms with van der Waals surface area (Å²) in [4.78, 5) is 12.6. The number of hydrogen-bond acceptors (Lipinski definition) is 6. The molecule has 1 fully saturated rings. The van der Waals surface area contributed by atoms with Gasteiger partial charge in [-0.3, -0.25) is 10.4 Å². The van der Waals surface area contributed by atoms with Gasteiger partial charge in [0, 0.05) is 31.9 Å². The van der Waals surface area contributed by atoms with Crippen LogP contribution in [0.4, 0.5) is 5.69 Å². The van der Waals surface area contributed by atoms with Crippen LogP contribution < -0.4 is 20.8 Å². The largest absolute Gasteiger partial charge is 0.480 e. The molecule has 0 spiro atoms. The highest BCUT2D eigenvalue weighted by Crippen LogP contribution is 2.15. The molecule has 1 aromatic carbocycles. The molecule has 0 saturated carbocycles. The summed E-state index contributed by atoms with van der Waals surface area (Å²) in [7, 11) is 1.52. The third-order valence-corrected chi connectivity index (χ3v) is 4.39. The number of methoxy groups -OCH3 is 1. The van der Waals surface area contributed by atoms with Gasteiger partial charge < -0.3 is 20.3 Å². The molecule has 2 heterocycles.